The molecule has 2 aromatic carbocycles. The molecule has 2 unspecified atom stereocenters. The summed E-state index contributed by atoms with van der Waals surface area (Å²) >= 11 is 0. The Morgan fingerprint density at radius 3 is 1.54 bits per heavy atom. The number of aromatic amines is 1. The van der Waals surface area contributed by atoms with Crippen LogP contribution in [0.25, 0.3) is 10.9 Å². The van der Waals surface area contributed by atoms with Crippen molar-refractivity contribution in [3.05, 3.63) is 71.9 Å². The number of H-pyrrole nitrogens is 1. The molecule has 0 bridgehead atoms. The Hall–Kier alpha value is -8.98. The van der Waals surface area contributed by atoms with Gasteiger partial charge < -0.3 is 116 Å². The van der Waals surface area contributed by atoms with Crippen molar-refractivity contribution in [1.82, 2.24) is 68.6 Å². The minimum atomic E-state index is -1.60. The number of aliphatic hydroxyl groups excluding tert-OH is 6. The fourth-order valence-electron chi connectivity index (χ4n) is 26.6. The number of carbonyl (C=O) groups is 11. The molecule has 2 heterocycles. The molecule has 11 amide bonds. The first kappa shape index (κ1) is 107. The highest BCUT2D eigenvalue weighted by molar-refractivity contribution is 5.98. The van der Waals surface area contributed by atoms with E-state index in [0.717, 1.165) is 67.3 Å². The molecule has 3 aromatic rings. The predicted molar refractivity (Wildman–Crippen MR) is 516 cm³/mol. The molecule has 26 N–H and O–H groups in total. The zero-order chi connectivity index (χ0) is 99.0. The van der Waals surface area contributed by atoms with Gasteiger partial charge in [0.15, 0.2) is 5.96 Å². The maximum Gasteiger partial charge on any atom is 0.265 e. The summed E-state index contributed by atoms with van der Waals surface area (Å²) in [6, 6.07) is 8.29. The molecule has 36 nitrogen and oxygen atoms in total. The van der Waals surface area contributed by atoms with Crippen molar-refractivity contribution in [2.45, 2.75) is 333 Å². The predicted octanol–water partition coefficient (Wildman–Crippen LogP) is 3.23. The number of aliphatic imine (C=N–C) groups is 1. The molecule has 1 aliphatic heterocycles. The molecule has 9 fully saturated rings. The van der Waals surface area contributed by atoms with Gasteiger partial charge in [-0.25, -0.2) is 5.43 Å². The second kappa shape index (κ2) is 48.0. The number of primary amides is 1. The number of rotatable bonds is 47. The molecule has 0 spiro atoms. The highest BCUT2D eigenvalue weighted by atomic mass is 16.6. The Kier molecular flexibility index (Phi) is 37.4. The van der Waals surface area contributed by atoms with Gasteiger partial charge in [-0.1, -0.05) is 110 Å². The Morgan fingerprint density at radius 2 is 0.993 bits per heavy atom. The second-order valence-electron chi connectivity index (χ2n) is 42.8. The van der Waals surface area contributed by atoms with Crippen molar-refractivity contribution in [2.75, 3.05) is 45.8 Å². The number of ether oxygens (including phenoxy) is 1. The molecule has 12 rings (SSSR count). The van der Waals surface area contributed by atoms with Crippen molar-refractivity contribution >= 4 is 81.8 Å². The van der Waals surface area contributed by atoms with Crippen LogP contribution in [0.15, 0.2) is 65.8 Å². The molecule has 8 saturated carbocycles. The van der Waals surface area contributed by atoms with Crippen LogP contribution in [0, 0.1) is 92.7 Å². The van der Waals surface area contributed by atoms with Crippen molar-refractivity contribution in [1.29, 1.82) is 0 Å². The monoisotopic (exact) mass is 1910 g/mol. The maximum atomic E-state index is 14.8. The van der Waals surface area contributed by atoms with Crippen LogP contribution in [0.4, 0.5) is 0 Å². The zero-order valence-corrected chi connectivity index (χ0v) is 81.7. The quantitative estimate of drug-likeness (QED) is 0.0219. The molecular formula is C101H160N18O18. The highest BCUT2D eigenvalue weighted by Gasteiger charge is 2.68. The number of aromatic nitrogens is 1. The zero-order valence-electron chi connectivity index (χ0n) is 81.7. The van der Waals surface area contributed by atoms with Gasteiger partial charge in [0.05, 0.1) is 43.2 Å². The van der Waals surface area contributed by atoms with E-state index in [1.807, 2.05) is 31.2 Å². The number of hydrogen-bond acceptors (Lipinski definition) is 22. The lowest BCUT2D eigenvalue weighted by Gasteiger charge is -2.63. The van der Waals surface area contributed by atoms with Gasteiger partial charge in [-0.3, -0.25) is 57.7 Å². The van der Waals surface area contributed by atoms with Gasteiger partial charge in [0.1, 0.15) is 36.3 Å². The topological polar surface area (TPSA) is 586 Å². The third-order valence-electron chi connectivity index (χ3n) is 34.3. The van der Waals surface area contributed by atoms with E-state index in [0.29, 0.717) is 94.6 Å². The summed E-state index contributed by atoms with van der Waals surface area (Å²) in [4.78, 5) is 163. The SMILES string of the molecule is CCCC[C@H](NC(=O)CN1NC(C(=O)NCCCNC(=O)CC[C@@H](C)[C@H]2CC[C@H]3[C@@H]4[C@H](O)C[C@@H]5C[C@H](O)CC[C@]5(C)[C@H]4C[C@H](O)[C@]23C)OC1C(=O)NCCCNC(=O)CC[C@@H](C)[C@H]1CC[C@H]2[C@@H]3[C@H](O)C[C@@H]4C[C@H](O)CC[C@]4(C)[C@H]3C[C@H](O)[C@]12C)C(=O)N[C@@H](C)C(=O)N[C@@H](CCCCN)C(=O)N[C@H](Cc1ccccc1)C(=O)N[C@@H](CCCN=C(N)N)C(=O)N[C@@H](Cc1c[nH]c2ccccc12)C(N)=O. The maximum absolute atomic E-state index is 14.8. The summed E-state index contributed by atoms with van der Waals surface area (Å²) in [5.74, 6) is -5.88. The molecular weight excluding hydrogens is 1750 g/mol. The van der Waals surface area contributed by atoms with E-state index in [-0.39, 0.29) is 209 Å². The van der Waals surface area contributed by atoms with Crippen LogP contribution in [0.1, 0.15) is 246 Å². The lowest BCUT2D eigenvalue weighted by atomic mass is 9.43. The fourth-order valence-corrected chi connectivity index (χ4v) is 26.6. The molecule has 30 atom stereocenters. The molecule has 1 saturated heterocycles. The van der Waals surface area contributed by atoms with Crippen LogP contribution in [0.3, 0.4) is 0 Å². The summed E-state index contributed by atoms with van der Waals surface area (Å²) in [6.45, 7) is 16.8. The first-order valence-electron chi connectivity index (χ1n) is 51.1. The van der Waals surface area contributed by atoms with E-state index < -0.39 is 144 Å². The smallest absolute Gasteiger partial charge is 0.265 e. The number of guanidine groups is 1. The number of aliphatic hydroxyl groups is 6. The first-order valence-corrected chi connectivity index (χ1v) is 51.1. The van der Waals surface area contributed by atoms with Gasteiger partial charge in [0.2, 0.25) is 65.6 Å². The summed E-state index contributed by atoms with van der Waals surface area (Å²) in [7, 11) is 0. The number of fused-ring (bicyclic) bond motifs is 11. The standard InChI is InChI=1S/C101H160N18O18/c1-9-10-24-73(89(131)112-58(4)88(130)114-74(26-16-17-40-102)91(133)117-77(46-59-21-12-11-13-22-59)92(134)115-75(27-18-41-110-97(104)105)90(132)116-76(87(103)129)47-60-54-111-72-25-15-14-23-65(60)72)113-84(128)55-119-96(94(136)109-45-20-43-107-83(127)35-29-57(3)67-31-33-69-86-71(53-81(125)101(67,69)8)99(6)39-37-64(121)49-62(99)51-79(86)123)137-95(118-119)93(135)108-44-19-42-106-82(126)34-28-56(2)66-30-32-68-85-70(52-80(124)100(66,68)7)98(5)38-36-63(120)48-61(98)50-78(85)122/h11-15,21-23,25,54,56-58,61-64,66-71,73-81,85-86,95-96,111,118,120-125H,9-10,16-20,24,26-53,55,102H2,1-8H3,(H2,103,129)(H,106,126)(H,107,127)(H,108,135)(H,109,136)(H,112,131)(H,113,128)(H,114,130)(H,115,134)(H,116,132)(H,117,133)(H4,104,105,110)/t56-,57-,58+,61+,62+,63-,64-,66-,67-,68+,69+,70+,71+,73+,74+,75+,76+,77-,78-,79-,80+,81+,85+,86+,95?,96?,98+,99+,100-,101-/m1/s1. The van der Waals surface area contributed by atoms with Crippen LogP contribution < -0.4 is 81.5 Å². The number of nitrogens with two attached hydrogens (primary N) is 4. The second-order valence-corrected chi connectivity index (χ2v) is 42.8. The molecule has 36 heteroatoms. The van der Waals surface area contributed by atoms with Crippen LogP contribution in [-0.4, -0.2) is 243 Å². The average Bonchev–Trinajstić information content (AvgIpc) is 1.62. The Labute approximate surface area is 806 Å². The lowest BCUT2D eigenvalue weighted by Crippen LogP contribution is -2.62. The lowest BCUT2D eigenvalue weighted by molar-refractivity contribution is -0.207. The van der Waals surface area contributed by atoms with Crippen molar-refractivity contribution in [3.8, 4) is 0 Å². The van der Waals surface area contributed by atoms with Gasteiger partial charge in [-0.2, -0.15) is 5.01 Å². The number of hydrazine groups is 1. The number of para-hydroxylation sites is 1. The van der Waals surface area contributed by atoms with Crippen molar-refractivity contribution < 1.29 is 88.1 Å². The summed E-state index contributed by atoms with van der Waals surface area (Å²) in [6.07, 6.45) is 10.7. The molecule has 8 aliphatic carbocycles. The summed E-state index contributed by atoms with van der Waals surface area (Å²) < 4.78 is 6.10. The summed E-state index contributed by atoms with van der Waals surface area (Å²) in [5.41, 5.74) is 27.1. The molecule has 0 radical (unpaired) electrons. The third-order valence-corrected chi connectivity index (χ3v) is 34.3. The number of nitrogens with zero attached hydrogens (tertiary/aromatic N) is 2. The number of nitrogens with one attached hydrogen (secondary N) is 12. The van der Waals surface area contributed by atoms with E-state index >= 15 is 0 Å². The van der Waals surface area contributed by atoms with Gasteiger partial charge in [-0.15, -0.1) is 0 Å². The van der Waals surface area contributed by atoms with Gasteiger partial charge in [-0.05, 0) is 277 Å². The van der Waals surface area contributed by atoms with Gasteiger partial charge in [0.25, 0.3) is 11.8 Å². The number of hydrogen-bond donors (Lipinski definition) is 22. The van der Waals surface area contributed by atoms with Gasteiger partial charge in [0, 0.05) is 75.5 Å². The van der Waals surface area contributed by atoms with Crippen LogP contribution in [-0.2, 0) is 70.3 Å². The Morgan fingerprint density at radius 1 is 0.504 bits per heavy atom. The molecule has 137 heavy (non-hydrogen) atoms. The number of amides is 11. The van der Waals surface area contributed by atoms with Crippen LogP contribution in [0.2, 0.25) is 0 Å². The third kappa shape index (κ3) is 25.5. The minimum Gasteiger partial charge on any atom is -0.393 e. The number of unbranched alkanes of at least 4 members (excludes halogenated alkanes) is 2. The number of benzene rings is 2. The van der Waals surface area contributed by atoms with E-state index in [4.69, 9.17) is 27.7 Å². The largest absolute Gasteiger partial charge is 0.393 e. The highest BCUT2D eigenvalue weighted by Crippen LogP contribution is 2.71. The average molecular weight is 1910 g/mol. The van der Waals surface area contributed by atoms with E-state index in [1.165, 1.54) is 6.92 Å². The first-order chi connectivity index (χ1) is 65.3. The minimum absolute atomic E-state index is 0.0110. The van der Waals surface area contributed by atoms with Crippen molar-refractivity contribution in [3.63, 3.8) is 0 Å². The normalized spacial score (nSPS) is 32.1. The summed E-state index contributed by atoms with van der Waals surface area (Å²) in [5, 5.41) is 99.2. The van der Waals surface area contributed by atoms with E-state index in [9.17, 15) is 83.4 Å². The van der Waals surface area contributed by atoms with E-state index in [2.05, 4.69) is 110 Å². The van der Waals surface area contributed by atoms with Crippen LogP contribution >= 0.6 is 0 Å². The Bertz CT molecular complexity index is 4640. The van der Waals surface area contributed by atoms with Gasteiger partial charge >= 0.3 is 0 Å². The Balaban J connectivity index is 0.651. The van der Waals surface area contributed by atoms with E-state index in [1.54, 1.807) is 36.5 Å². The molecule has 1 aromatic heterocycles. The fraction of sp³-hybridized carbons (Fsp3) is 0.743. The van der Waals surface area contributed by atoms with Crippen molar-refractivity contribution in [2.24, 2.45) is 121 Å². The number of carbonyl (C=O) groups excluding carboxylic acids is 11. The molecule has 9 aliphatic rings. The van der Waals surface area contributed by atoms with Crippen LogP contribution in [0.5, 0.6) is 0 Å². The molecule has 762 valence electrons.